The van der Waals surface area contributed by atoms with Crippen molar-refractivity contribution in [3.05, 3.63) is 0 Å². The van der Waals surface area contributed by atoms with Crippen molar-refractivity contribution in [3.8, 4) is 0 Å². The van der Waals surface area contributed by atoms with E-state index in [9.17, 15) is 0 Å². The summed E-state index contributed by atoms with van der Waals surface area (Å²) in [7, 11) is 2.09. The Hall–Kier alpha value is -0.0800. The van der Waals surface area contributed by atoms with Gasteiger partial charge in [0, 0.05) is 12.6 Å². The summed E-state index contributed by atoms with van der Waals surface area (Å²) in [6, 6.07) is 0.780. The van der Waals surface area contributed by atoms with Crippen LogP contribution >= 0.6 is 0 Å². The summed E-state index contributed by atoms with van der Waals surface area (Å²) in [6.07, 6.45) is 5.67. The highest BCUT2D eigenvalue weighted by Crippen LogP contribution is 2.37. The van der Waals surface area contributed by atoms with Gasteiger partial charge in [0.15, 0.2) is 0 Å². The van der Waals surface area contributed by atoms with Gasteiger partial charge in [-0.2, -0.15) is 0 Å². The molecule has 2 rings (SSSR count). The fourth-order valence-corrected chi connectivity index (χ4v) is 2.63. The normalized spacial score (nSPS) is 27.9. The first-order chi connectivity index (χ1) is 6.79. The molecule has 1 unspecified atom stereocenters. The molecule has 0 spiro atoms. The molecule has 1 atom stereocenters. The van der Waals surface area contributed by atoms with Gasteiger partial charge < -0.3 is 10.2 Å². The second-order valence-electron chi connectivity index (χ2n) is 5.18. The van der Waals surface area contributed by atoms with E-state index in [-0.39, 0.29) is 0 Å². The third-order valence-corrected chi connectivity index (χ3v) is 3.97. The average molecular weight is 196 g/mol. The maximum atomic E-state index is 3.39. The van der Waals surface area contributed by atoms with Crippen molar-refractivity contribution < 1.29 is 0 Å². The number of nitrogens with one attached hydrogen (secondary N) is 1. The maximum absolute atomic E-state index is 3.39. The van der Waals surface area contributed by atoms with Crippen LogP contribution < -0.4 is 5.32 Å². The molecule has 2 heteroatoms. The van der Waals surface area contributed by atoms with Gasteiger partial charge in [0.05, 0.1) is 0 Å². The Morgan fingerprint density at radius 1 is 1.21 bits per heavy atom. The summed E-state index contributed by atoms with van der Waals surface area (Å²) < 4.78 is 0. The molecule has 82 valence electrons. The number of hydrogen-bond acceptors (Lipinski definition) is 2. The molecule has 1 saturated carbocycles. The molecule has 14 heavy (non-hydrogen) atoms. The Morgan fingerprint density at radius 2 is 1.86 bits per heavy atom. The molecular formula is C12H24N2. The van der Waals surface area contributed by atoms with Crippen molar-refractivity contribution in [1.29, 1.82) is 0 Å². The van der Waals surface area contributed by atoms with Crippen LogP contribution in [0.15, 0.2) is 0 Å². The van der Waals surface area contributed by atoms with Crippen LogP contribution in [0.1, 0.15) is 32.6 Å². The van der Waals surface area contributed by atoms with E-state index in [1.807, 2.05) is 0 Å². The molecule has 2 aliphatic rings. The number of piperidine rings is 1. The molecule has 1 aliphatic carbocycles. The van der Waals surface area contributed by atoms with Crippen LogP contribution in [0.3, 0.4) is 0 Å². The van der Waals surface area contributed by atoms with Crippen molar-refractivity contribution >= 4 is 0 Å². The van der Waals surface area contributed by atoms with Gasteiger partial charge in [0.1, 0.15) is 0 Å². The Labute approximate surface area is 88.1 Å². The first kappa shape index (κ1) is 10.4. The van der Waals surface area contributed by atoms with Gasteiger partial charge in [-0.25, -0.2) is 0 Å². The summed E-state index contributed by atoms with van der Waals surface area (Å²) >= 11 is 0. The lowest BCUT2D eigenvalue weighted by Crippen LogP contribution is -2.42. The van der Waals surface area contributed by atoms with E-state index < -0.39 is 0 Å². The van der Waals surface area contributed by atoms with Crippen LogP contribution in [0.25, 0.3) is 0 Å². The predicted molar refractivity (Wildman–Crippen MR) is 60.4 cm³/mol. The highest BCUT2D eigenvalue weighted by molar-refractivity contribution is 4.83. The largest absolute Gasteiger partial charge is 0.317 e. The van der Waals surface area contributed by atoms with Crippen LogP contribution in [-0.2, 0) is 0 Å². The molecule has 1 heterocycles. The zero-order valence-electron chi connectivity index (χ0n) is 9.63. The fraction of sp³-hybridized carbons (Fsp3) is 1.00. The molecule has 0 radical (unpaired) electrons. The summed E-state index contributed by atoms with van der Waals surface area (Å²) in [6.45, 7) is 6.40. The van der Waals surface area contributed by atoms with Crippen molar-refractivity contribution in [2.75, 3.05) is 26.7 Å². The molecule has 2 nitrogen and oxygen atoms in total. The third kappa shape index (κ3) is 2.71. The first-order valence-electron chi connectivity index (χ1n) is 6.19. The fourth-order valence-electron chi connectivity index (χ4n) is 2.63. The molecule has 0 amide bonds. The second kappa shape index (κ2) is 4.63. The van der Waals surface area contributed by atoms with Crippen LogP contribution in [0.2, 0.25) is 0 Å². The quantitative estimate of drug-likeness (QED) is 0.736. The minimum absolute atomic E-state index is 0.780. The summed E-state index contributed by atoms with van der Waals surface area (Å²) in [5, 5.41) is 3.39. The smallest absolute Gasteiger partial charge is 0.00884 e. The monoisotopic (exact) mass is 196 g/mol. The first-order valence-corrected chi connectivity index (χ1v) is 6.19. The highest BCUT2D eigenvalue weighted by atomic mass is 15.1. The minimum Gasteiger partial charge on any atom is -0.317 e. The van der Waals surface area contributed by atoms with E-state index in [0.717, 1.165) is 17.9 Å². The van der Waals surface area contributed by atoms with Crippen molar-refractivity contribution in [2.45, 2.75) is 38.6 Å². The zero-order valence-corrected chi connectivity index (χ0v) is 9.63. The zero-order chi connectivity index (χ0) is 9.97. The second-order valence-corrected chi connectivity index (χ2v) is 5.18. The van der Waals surface area contributed by atoms with Gasteiger partial charge in [0.25, 0.3) is 0 Å². The van der Waals surface area contributed by atoms with E-state index in [1.165, 1.54) is 45.3 Å². The molecular weight excluding hydrogens is 172 g/mol. The van der Waals surface area contributed by atoms with E-state index in [4.69, 9.17) is 0 Å². The van der Waals surface area contributed by atoms with Gasteiger partial charge in [-0.15, -0.1) is 0 Å². The van der Waals surface area contributed by atoms with Gasteiger partial charge in [-0.3, -0.25) is 0 Å². The number of likely N-dealkylation sites (tertiary alicyclic amines) is 1. The van der Waals surface area contributed by atoms with Crippen molar-refractivity contribution in [3.63, 3.8) is 0 Å². The third-order valence-electron chi connectivity index (χ3n) is 3.97. The van der Waals surface area contributed by atoms with E-state index in [1.54, 1.807) is 0 Å². The Bertz CT molecular complexity index is 169. The molecule has 0 aromatic rings. The van der Waals surface area contributed by atoms with Crippen LogP contribution in [-0.4, -0.2) is 37.6 Å². The molecule has 0 bridgehead atoms. The molecule has 1 aliphatic heterocycles. The predicted octanol–water partition coefficient (Wildman–Crippen LogP) is 1.72. The molecule has 2 fully saturated rings. The Kier molecular flexibility index (Phi) is 3.45. The minimum atomic E-state index is 0.780. The van der Waals surface area contributed by atoms with Crippen molar-refractivity contribution in [2.24, 2.45) is 11.8 Å². The number of rotatable bonds is 4. The van der Waals surface area contributed by atoms with E-state index in [2.05, 4.69) is 24.2 Å². The number of nitrogens with zero attached hydrogens (tertiary/aromatic N) is 1. The van der Waals surface area contributed by atoms with Gasteiger partial charge >= 0.3 is 0 Å². The van der Waals surface area contributed by atoms with Gasteiger partial charge in [-0.05, 0) is 57.7 Å². The standard InChI is InChI=1S/C12H24N2/c1-10(11-3-4-11)9-14-7-5-12(13-2)6-8-14/h10-13H,3-9H2,1-2H3. The Morgan fingerprint density at radius 3 is 2.36 bits per heavy atom. The molecule has 0 aromatic heterocycles. The summed E-state index contributed by atoms with van der Waals surface area (Å²) in [5.74, 6) is 2.01. The van der Waals surface area contributed by atoms with E-state index >= 15 is 0 Å². The van der Waals surface area contributed by atoms with Gasteiger partial charge in [0.2, 0.25) is 0 Å². The van der Waals surface area contributed by atoms with Crippen LogP contribution in [0.4, 0.5) is 0 Å². The molecule has 1 saturated heterocycles. The maximum Gasteiger partial charge on any atom is 0.00884 e. The van der Waals surface area contributed by atoms with Gasteiger partial charge in [-0.1, -0.05) is 6.92 Å². The summed E-state index contributed by atoms with van der Waals surface area (Å²) in [5.41, 5.74) is 0. The lowest BCUT2D eigenvalue weighted by molar-refractivity contribution is 0.172. The van der Waals surface area contributed by atoms with Crippen LogP contribution in [0, 0.1) is 11.8 Å². The Balaban J connectivity index is 1.67. The highest BCUT2D eigenvalue weighted by Gasteiger charge is 2.29. The average Bonchev–Trinajstić information content (AvgIpc) is 3.02. The molecule has 0 aromatic carbocycles. The molecule has 1 N–H and O–H groups in total. The van der Waals surface area contributed by atoms with E-state index in [0.29, 0.717) is 0 Å². The van der Waals surface area contributed by atoms with Crippen LogP contribution in [0.5, 0.6) is 0 Å². The SMILES string of the molecule is CNC1CCN(CC(C)C2CC2)CC1. The summed E-state index contributed by atoms with van der Waals surface area (Å²) in [4.78, 5) is 2.66. The topological polar surface area (TPSA) is 15.3 Å². The number of hydrogen-bond donors (Lipinski definition) is 1. The van der Waals surface area contributed by atoms with Crippen molar-refractivity contribution in [1.82, 2.24) is 10.2 Å². The lowest BCUT2D eigenvalue weighted by atomic mass is 10.0. The lowest BCUT2D eigenvalue weighted by Gasteiger charge is -2.33.